The van der Waals surface area contributed by atoms with Gasteiger partial charge in [0.25, 0.3) is 0 Å². The maximum atomic E-state index is 14.5. The molecule has 4 rings (SSSR count). The lowest BCUT2D eigenvalue weighted by molar-refractivity contribution is -0.145. The molecule has 1 aromatic carbocycles. The highest BCUT2D eigenvalue weighted by atomic mass is 79.9. The molecule has 1 spiro atoms. The fraction of sp³-hybridized carbons (Fsp3) is 0.594. The first-order valence-corrected chi connectivity index (χ1v) is 16.6. The number of unbranched alkanes of at least 4 members (excludes halogenated alkanes) is 1. The number of carbonyl (C=O) groups excluding carboxylic acids is 3. The van der Waals surface area contributed by atoms with E-state index < -0.39 is 22.6 Å². The van der Waals surface area contributed by atoms with Crippen molar-refractivity contribution in [3.8, 4) is 0 Å². The molecule has 3 aliphatic rings. The lowest BCUT2D eigenvalue weighted by atomic mass is 9.70. The first-order chi connectivity index (χ1) is 19.7. The molecule has 3 fully saturated rings. The van der Waals surface area contributed by atoms with Crippen LogP contribution in [-0.2, 0) is 20.9 Å². The minimum absolute atomic E-state index is 0.00472. The van der Waals surface area contributed by atoms with Gasteiger partial charge in [0.05, 0.1) is 16.6 Å². The van der Waals surface area contributed by atoms with Gasteiger partial charge in [-0.15, -0.1) is 24.9 Å². The zero-order chi connectivity index (χ0) is 29.7. The van der Waals surface area contributed by atoms with Crippen LogP contribution in [0, 0.1) is 11.8 Å². The van der Waals surface area contributed by atoms with Crippen molar-refractivity contribution < 1.29 is 19.5 Å². The van der Waals surface area contributed by atoms with E-state index >= 15 is 0 Å². The molecule has 2 bridgehead atoms. The number of benzene rings is 1. The van der Waals surface area contributed by atoms with Gasteiger partial charge in [0.1, 0.15) is 6.04 Å². The topological polar surface area (TPSA) is 81.2 Å². The van der Waals surface area contributed by atoms with E-state index in [0.29, 0.717) is 45.4 Å². The summed E-state index contributed by atoms with van der Waals surface area (Å²) in [5.74, 6) is -1.32. The first kappa shape index (κ1) is 31.8. The van der Waals surface area contributed by atoms with Crippen molar-refractivity contribution in [2.45, 2.75) is 79.4 Å². The fourth-order valence-corrected chi connectivity index (χ4v) is 10.7. The highest BCUT2D eigenvalue weighted by molar-refractivity contribution is 9.09. The molecule has 3 heterocycles. The number of nitrogens with zero attached hydrogens (tertiary/aromatic N) is 3. The van der Waals surface area contributed by atoms with Gasteiger partial charge in [-0.3, -0.25) is 14.4 Å². The Hall–Kier alpha value is -2.10. The number of thioether (sulfide) groups is 1. The average Bonchev–Trinajstić information content (AvgIpc) is 3.55. The normalized spacial score (nSPS) is 28.8. The van der Waals surface area contributed by atoms with Crippen molar-refractivity contribution >= 4 is 45.4 Å². The molecule has 3 saturated heterocycles. The number of fused-ring (bicyclic) bond motifs is 1. The van der Waals surface area contributed by atoms with Gasteiger partial charge in [-0.2, -0.15) is 0 Å². The van der Waals surface area contributed by atoms with Crippen molar-refractivity contribution in [2.24, 2.45) is 11.8 Å². The second-order valence-electron chi connectivity index (χ2n) is 11.5. The Kier molecular flexibility index (Phi) is 10.8. The molecule has 0 saturated carbocycles. The zero-order valence-electron chi connectivity index (χ0n) is 24.3. The first-order valence-electron chi connectivity index (χ1n) is 14.8. The van der Waals surface area contributed by atoms with Crippen LogP contribution in [0.5, 0.6) is 0 Å². The Morgan fingerprint density at radius 1 is 1.20 bits per heavy atom. The summed E-state index contributed by atoms with van der Waals surface area (Å²) in [5, 5.41) is 9.36. The van der Waals surface area contributed by atoms with E-state index in [0.717, 1.165) is 18.4 Å². The monoisotopic (exact) mass is 645 g/mol. The van der Waals surface area contributed by atoms with E-state index in [2.05, 4.69) is 42.9 Å². The number of carbonyl (C=O) groups is 3. The van der Waals surface area contributed by atoms with E-state index in [1.54, 1.807) is 33.7 Å². The Morgan fingerprint density at radius 2 is 1.90 bits per heavy atom. The molecule has 3 aliphatic heterocycles. The quantitative estimate of drug-likeness (QED) is 0.171. The SMILES string of the molecule is C=CCN(Cc1ccccc1)C(=O)[C@H]1[C@H]2C(=O)N(CCCCO)C(C(=O)N(CC=C)C(C)CCC)C23CC(Br)[C@@H]1S3. The molecule has 0 radical (unpaired) electrons. The van der Waals surface area contributed by atoms with Crippen LogP contribution in [0.1, 0.15) is 51.5 Å². The van der Waals surface area contributed by atoms with Crippen LogP contribution < -0.4 is 0 Å². The van der Waals surface area contributed by atoms with Crippen LogP contribution in [0.25, 0.3) is 0 Å². The molecule has 1 aromatic rings. The Labute approximate surface area is 257 Å². The molecular formula is C32H44BrN3O4S. The second-order valence-corrected chi connectivity index (χ2v) is 14.3. The molecule has 224 valence electrons. The lowest BCUT2D eigenvalue weighted by Crippen LogP contribution is -2.57. The third-order valence-corrected chi connectivity index (χ3v) is 12.1. The third kappa shape index (κ3) is 6.04. The molecule has 41 heavy (non-hydrogen) atoms. The summed E-state index contributed by atoms with van der Waals surface area (Å²) in [4.78, 5) is 48.7. The summed E-state index contributed by atoms with van der Waals surface area (Å²) in [7, 11) is 0. The van der Waals surface area contributed by atoms with Crippen molar-refractivity contribution in [1.29, 1.82) is 0 Å². The number of hydrogen-bond acceptors (Lipinski definition) is 5. The number of amides is 3. The van der Waals surface area contributed by atoms with Crippen molar-refractivity contribution in [1.82, 2.24) is 14.7 Å². The minimum atomic E-state index is -0.690. The molecular weight excluding hydrogens is 602 g/mol. The van der Waals surface area contributed by atoms with Gasteiger partial charge in [0, 0.05) is 48.9 Å². The lowest BCUT2D eigenvalue weighted by Gasteiger charge is -2.40. The summed E-state index contributed by atoms with van der Waals surface area (Å²) >= 11 is 5.55. The number of aliphatic hydroxyl groups excluding tert-OH is 1. The summed E-state index contributed by atoms with van der Waals surface area (Å²) in [6, 6.07) is 9.20. The minimum Gasteiger partial charge on any atom is -0.396 e. The van der Waals surface area contributed by atoms with Crippen LogP contribution in [-0.4, -0.2) is 90.7 Å². The molecule has 7 nitrogen and oxygen atoms in total. The predicted octanol–water partition coefficient (Wildman–Crippen LogP) is 4.64. The van der Waals surface area contributed by atoms with Crippen LogP contribution in [0.3, 0.4) is 0 Å². The number of aliphatic hydroxyl groups is 1. The van der Waals surface area contributed by atoms with Gasteiger partial charge in [-0.05, 0) is 38.2 Å². The van der Waals surface area contributed by atoms with Gasteiger partial charge < -0.3 is 19.8 Å². The van der Waals surface area contributed by atoms with Gasteiger partial charge in [-0.1, -0.05) is 71.8 Å². The van der Waals surface area contributed by atoms with Crippen LogP contribution in [0.2, 0.25) is 0 Å². The Morgan fingerprint density at radius 3 is 2.54 bits per heavy atom. The maximum Gasteiger partial charge on any atom is 0.247 e. The summed E-state index contributed by atoms with van der Waals surface area (Å²) < 4.78 is -0.690. The third-order valence-electron chi connectivity index (χ3n) is 8.84. The van der Waals surface area contributed by atoms with E-state index in [1.165, 1.54) is 0 Å². The fourth-order valence-electron chi connectivity index (χ4n) is 7.09. The molecule has 3 amide bonds. The zero-order valence-corrected chi connectivity index (χ0v) is 26.7. The standard InChI is InChI=1S/C32H44BrN3O4S/c1-5-13-22(4)35(17-7-3)31(40)28-32-20-24(33)27(41-32)25(26(32)30(39)36(28)18-11-12-19-37)29(38)34(16-6-2)21-23-14-9-8-10-15-23/h6-10,14-15,22,24-28,37H,2-3,5,11-13,16-21H2,1,4H3/t22?,24?,25-,26-,27-,28?,32?/m0/s1. The predicted molar refractivity (Wildman–Crippen MR) is 169 cm³/mol. The largest absolute Gasteiger partial charge is 0.396 e. The molecule has 9 heteroatoms. The van der Waals surface area contributed by atoms with Crippen LogP contribution >= 0.6 is 27.7 Å². The van der Waals surface area contributed by atoms with E-state index in [4.69, 9.17) is 0 Å². The number of likely N-dealkylation sites (tertiary alicyclic amines) is 1. The average molecular weight is 647 g/mol. The summed E-state index contributed by atoms with van der Waals surface area (Å²) in [6.45, 7) is 13.6. The maximum absolute atomic E-state index is 14.5. The molecule has 0 aromatic heterocycles. The van der Waals surface area contributed by atoms with Gasteiger partial charge >= 0.3 is 0 Å². The molecule has 4 unspecified atom stereocenters. The molecule has 0 aliphatic carbocycles. The molecule has 7 atom stereocenters. The Bertz CT molecular complexity index is 1120. The van der Waals surface area contributed by atoms with Crippen molar-refractivity contribution in [3.05, 3.63) is 61.2 Å². The molecule has 1 N–H and O–H groups in total. The van der Waals surface area contributed by atoms with Crippen LogP contribution in [0.15, 0.2) is 55.6 Å². The highest BCUT2D eigenvalue weighted by Crippen LogP contribution is 2.68. The van der Waals surface area contributed by atoms with Gasteiger partial charge in [0.15, 0.2) is 0 Å². The smallest absolute Gasteiger partial charge is 0.247 e. The van der Waals surface area contributed by atoms with E-state index in [9.17, 15) is 19.5 Å². The van der Waals surface area contributed by atoms with E-state index in [1.807, 2.05) is 35.2 Å². The second kappa shape index (κ2) is 13.9. The summed E-state index contributed by atoms with van der Waals surface area (Å²) in [6.07, 6.45) is 7.08. The van der Waals surface area contributed by atoms with Crippen molar-refractivity contribution in [2.75, 3.05) is 26.2 Å². The van der Waals surface area contributed by atoms with Crippen LogP contribution in [0.4, 0.5) is 0 Å². The number of alkyl halides is 1. The van der Waals surface area contributed by atoms with Gasteiger partial charge in [-0.25, -0.2) is 0 Å². The number of rotatable bonds is 15. The highest BCUT2D eigenvalue weighted by Gasteiger charge is 2.76. The number of hydrogen-bond donors (Lipinski definition) is 1. The summed E-state index contributed by atoms with van der Waals surface area (Å²) in [5.41, 5.74) is 1.02. The Balaban J connectivity index is 1.73. The number of halogens is 1. The van der Waals surface area contributed by atoms with E-state index in [-0.39, 0.29) is 40.4 Å². The van der Waals surface area contributed by atoms with Gasteiger partial charge in [0.2, 0.25) is 17.7 Å². The van der Waals surface area contributed by atoms with Crippen molar-refractivity contribution in [3.63, 3.8) is 0 Å².